The molecule has 0 aromatic rings. The number of nitrogens with zero attached hydrogens (tertiary/aromatic N) is 1. The van der Waals surface area contributed by atoms with E-state index < -0.39 is 0 Å². The third-order valence-corrected chi connectivity index (χ3v) is 2.90. The summed E-state index contributed by atoms with van der Waals surface area (Å²) in [6.07, 6.45) is 3.79. The largest absolute Gasteiger partial charge is 0.380 e. The molecule has 0 bridgehead atoms. The van der Waals surface area contributed by atoms with Gasteiger partial charge in [-0.15, -0.1) is 0 Å². The van der Waals surface area contributed by atoms with Crippen molar-refractivity contribution in [3.05, 3.63) is 0 Å². The summed E-state index contributed by atoms with van der Waals surface area (Å²) in [4.78, 5) is 2.59. The number of hydrogen-bond donors (Lipinski definition) is 0. The minimum Gasteiger partial charge on any atom is -0.380 e. The van der Waals surface area contributed by atoms with Gasteiger partial charge in [-0.3, -0.25) is 4.90 Å². The van der Waals surface area contributed by atoms with Crippen molar-refractivity contribution >= 4 is 0 Å². The first-order valence-corrected chi connectivity index (χ1v) is 5.59. The number of hydrogen-bond acceptors (Lipinski definition) is 2. The molecule has 2 nitrogen and oxygen atoms in total. The van der Waals surface area contributed by atoms with Crippen LogP contribution in [0.3, 0.4) is 0 Å². The van der Waals surface area contributed by atoms with Crippen LogP contribution in [0.2, 0.25) is 0 Å². The highest BCUT2D eigenvalue weighted by Crippen LogP contribution is 2.14. The molecule has 1 rings (SSSR count). The van der Waals surface area contributed by atoms with Crippen molar-refractivity contribution in [2.24, 2.45) is 0 Å². The summed E-state index contributed by atoms with van der Waals surface area (Å²) in [5.74, 6) is 0. The van der Waals surface area contributed by atoms with Gasteiger partial charge in [0, 0.05) is 25.2 Å². The Bertz CT molecular complexity index is 138. The maximum absolute atomic E-state index is 5.52. The molecule has 0 aliphatic carbocycles. The molecular weight excluding hydrogens is 162 g/mol. The molecule has 0 saturated carbocycles. The summed E-state index contributed by atoms with van der Waals surface area (Å²) in [5, 5.41) is 0. The van der Waals surface area contributed by atoms with Gasteiger partial charge >= 0.3 is 0 Å². The van der Waals surface area contributed by atoms with E-state index in [9.17, 15) is 0 Å². The average Bonchev–Trinajstić information content (AvgIpc) is 2.30. The Hall–Kier alpha value is -0.0800. The van der Waals surface area contributed by atoms with E-state index in [4.69, 9.17) is 4.74 Å². The van der Waals surface area contributed by atoms with Gasteiger partial charge in [-0.2, -0.15) is 0 Å². The predicted octanol–water partition coefficient (Wildman–Crippen LogP) is 2.29. The van der Waals surface area contributed by atoms with Crippen LogP contribution in [0.1, 0.15) is 40.0 Å². The van der Waals surface area contributed by atoms with Crippen molar-refractivity contribution in [1.29, 1.82) is 0 Å². The first-order valence-electron chi connectivity index (χ1n) is 5.59. The second kappa shape index (κ2) is 5.61. The van der Waals surface area contributed by atoms with Crippen molar-refractivity contribution < 1.29 is 4.74 Å². The van der Waals surface area contributed by atoms with Crippen LogP contribution >= 0.6 is 0 Å². The standard InChI is InChI=1S/C11H23NO/c1-4-6-10(2)12-7-5-8-13-9-11(12)3/h10-11H,4-9H2,1-3H3. The first kappa shape index (κ1) is 11.0. The molecule has 0 aromatic carbocycles. The molecule has 2 heteroatoms. The second-order valence-electron chi connectivity index (χ2n) is 4.15. The van der Waals surface area contributed by atoms with Gasteiger partial charge in [-0.25, -0.2) is 0 Å². The smallest absolute Gasteiger partial charge is 0.0619 e. The Balaban J connectivity index is 2.43. The second-order valence-corrected chi connectivity index (χ2v) is 4.15. The molecule has 1 aliphatic heterocycles. The predicted molar refractivity (Wildman–Crippen MR) is 56.0 cm³/mol. The van der Waals surface area contributed by atoms with E-state index in [0.717, 1.165) is 19.3 Å². The zero-order chi connectivity index (χ0) is 9.68. The molecule has 2 unspecified atom stereocenters. The molecule has 13 heavy (non-hydrogen) atoms. The van der Waals surface area contributed by atoms with Crippen LogP contribution in [0.4, 0.5) is 0 Å². The van der Waals surface area contributed by atoms with E-state index in [1.54, 1.807) is 0 Å². The van der Waals surface area contributed by atoms with Crippen molar-refractivity contribution in [1.82, 2.24) is 4.90 Å². The molecule has 0 aromatic heterocycles. The molecule has 2 atom stereocenters. The van der Waals surface area contributed by atoms with E-state index in [2.05, 4.69) is 25.7 Å². The van der Waals surface area contributed by atoms with E-state index in [1.165, 1.54) is 25.8 Å². The fourth-order valence-corrected chi connectivity index (χ4v) is 2.16. The molecule has 0 amide bonds. The van der Waals surface area contributed by atoms with Gasteiger partial charge in [0.05, 0.1) is 6.61 Å². The third-order valence-electron chi connectivity index (χ3n) is 2.90. The molecule has 78 valence electrons. The van der Waals surface area contributed by atoms with Crippen LogP contribution < -0.4 is 0 Å². The van der Waals surface area contributed by atoms with Gasteiger partial charge in [0.15, 0.2) is 0 Å². The molecule has 0 spiro atoms. The van der Waals surface area contributed by atoms with Crippen molar-refractivity contribution in [3.8, 4) is 0 Å². The Labute approximate surface area is 82.3 Å². The lowest BCUT2D eigenvalue weighted by Crippen LogP contribution is -2.41. The van der Waals surface area contributed by atoms with Gasteiger partial charge in [-0.05, 0) is 26.7 Å². The van der Waals surface area contributed by atoms with Crippen LogP contribution in [-0.2, 0) is 4.74 Å². The summed E-state index contributed by atoms with van der Waals surface area (Å²) in [6, 6.07) is 1.32. The highest BCUT2D eigenvalue weighted by atomic mass is 16.5. The fraction of sp³-hybridized carbons (Fsp3) is 1.00. The molecule has 0 N–H and O–H groups in total. The van der Waals surface area contributed by atoms with Gasteiger partial charge in [0.2, 0.25) is 0 Å². The van der Waals surface area contributed by atoms with E-state index in [0.29, 0.717) is 6.04 Å². The molecule has 1 fully saturated rings. The monoisotopic (exact) mass is 185 g/mol. The Morgan fingerprint density at radius 2 is 2.31 bits per heavy atom. The minimum atomic E-state index is 0.601. The quantitative estimate of drug-likeness (QED) is 0.669. The maximum atomic E-state index is 5.52. The normalized spacial score (nSPS) is 28.4. The summed E-state index contributed by atoms with van der Waals surface area (Å²) in [6.45, 7) is 9.94. The van der Waals surface area contributed by atoms with Crippen LogP contribution in [0.5, 0.6) is 0 Å². The average molecular weight is 185 g/mol. The molecule has 0 radical (unpaired) electrons. The number of ether oxygens (including phenoxy) is 1. The topological polar surface area (TPSA) is 12.5 Å². The lowest BCUT2D eigenvalue weighted by Gasteiger charge is -2.32. The summed E-state index contributed by atoms with van der Waals surface area (Å²) in [7, 11) is 0. The van der Waals surface area contributed by atoms with Gasteiger partial charge in [0.1, 0.15) is 0 Å². The van der Waals surface area contributed by atoms with Crippen LogP contribution in [-0.4, -0.2) is 36.7 Å². The van der Waals surface area contributed by atoms with Gasteiger partial charge in [0.25, 0.3) is 0 Å². The third kappa shape index (κ3) is 3.28. The summed E-state index contributed by atoms with van der Waals surface area (Å²) in [5.41, 5.74) is 0. The van der Waals surface area contributed by atoms with E-state index in [-0.39, 0.29) is 0 Å². The lowest BCUT2D eigenvalue weighted by atomic mass is 10.1. The first-order chi connectivity index (χ1) is 6.25. The zero-order valence-electron chi connectivity index (χ0n) is 9.25. The molecular formula is C11H23NO. The summed E-state index contributed by atoms with van der Waals surface area (Å²) >= 11 is 0. The summed E-state index contributed by atoms with van der Waals surface area (Å²) < 4.78 is 5.52. The highest BCUT2D eigenvalue weighted by Gasteiger charge is 2.21. The fourth-order valence-electron chi connectivity index (χ4n) is 2.16. The number of rotatable bonds is 3. The SMILES string of the molecule is CCCC(C)N1CCCOCC1C. The Morgan fingerprint density at radius 1 is 1.54 bits per heavy atom. The van der Waals surface area contributed by atoms with Crippen LogP contribution in [0, 0.1) is 0 Å². The van der Waals surface area contributed by atoms with Crippen molar-refractivity contribution in [2.45, 2.75) is 52.1 Å². The van der Waals surface area contributed by atoms with Crippen LogP contribution in [0.25, 0.3) is 0 Å². The lowest BCUT2D eigenvalue weighted by molar-refractivity contribution is 0.0897. The minimum absolute atomic E-state index is 0.601. The van der Waals surface area contributed by atoms with E-state index >= 15 is 0 Å². The maximum Gasteiger partial charge on any atom is 0.0619 e. The zero-order valence-corrected chi connectivity index (χ0v) is 9.25. The van der Waals surface area contributed by atoms with Crippen molar-refractivity contribution in [2.75, 3.05) is 19.8 Å². The highest BCUT2D eigenvalue weighted by molar-refractivity contribution is 4.75. The molecule has 1 aliphatic rings. The van der Waals surface area contributed by atoms with Crippen molar-refractivity contribution in [3.63, 3.8) is 0 Å². The molecule has 1 saturated heterocycles. The van der Waals surface area contributed by atoms with E-state index in [1.807, 2.05) is 0 Å². The Kier molecular flexibility index (Phi) is 4.74. The Morgan fingerprint density at radius 3 is 3.00 bits per heavy atom. The van der Waals surface area contributed by atoms with Gasteiger partial charge < -0.3 is 4.74 Å². The van der Waals surface area contributed by atoms with Crippen LogP contribution in [0.15, 0.2) is 0 Å². The van der Waals surface area contributed by atoms with Gasteiger partial charge in [-0.1, -0.05) is 13.3 Å². The molecule has 1 heterocycles.